The predicted octanol–water partition coefficient (Wildman–Crippen LogP) is 1.20. The van der Waals surface area contributed by atoms with Crippen LogP contribution in [0.4, 0.5) is 0 Å². The first-order valence-corrected chi connectivity index (χ1v) is 7.65. The van der Waals surface area contributed by atoms with Gasteiger partial charge in [-0.15, -0.1) is 0 Å². The molecule has 1 atom stereocenters. The van der Waals surface area contributed by atoms with E-state index < -0.39 is 9.84 Å². The van der Waals surface area contributed by atoms with Crippen LogP contribution in [0.25, 0.3) is 0 Å². The Balaban J connectivity index is 2.15. The third-order valence-corrected chi connectivity index (χ3v) is 4.68. The number of hydrogen-bond acceptors (Lipinski definition) is 4. The maximum Gasteiger partial charge on any atom is 0.150 e. The first kappa shape index (κ1) is 13.6. The number of rotatable bonds is 7. The summed E-state index contributed by atoms with van der Waals surface area (Å²) >= 11 is 0. The van der Waals surface area contributed by atoms with E-state index in [9.17, 15) is 13.2 Å². The lowest BCUT2D eigenvalue weighted by Gasteiger charge is -2.06. The average Bonchev–Trinajstić information content (AvgIpc) is 2.70. The molecule has 1 heterocycles. The van der Waals surface area contributed by atoms with Gasteiger partial charge in [0.2, 0.25) is 0 Å². The number of Topliss-reactive ketones (excluding diaryl/α,β-unsaturated/α-hetero) is 1. The van der Waals surface area contributed by atoms with Crippen LogP contribution >= 0.6 is 0 Å². The Labute approximate surface area is 97.3 Å². The second-order valence-corrected chi connectivity index (χ2v) is 6.79. The lowest BCUT2D eigenvalue weighted by molar-refractivity contribution is -0.120. The van der Waals surface area contributed by atoms with E-state index in [0.29, 0.717) is 31.8 Å². The van der Waals surface area contributed by atoms with Gasteiger partial charge in [-0.2, -0.15) is 0 Å². The summed E-state index contributed by atoms with van der Waals surface area (Å²) in [4.78, 5) is 11.5. The van der Waals surface area contributed by atoms with Gasteiger partial charge < -0.3 is 4.74 Å². The Kier molecular flexibility index (Phi) is 5.41. The van der Waals surface area contributed by atoms with Crippen molar-refractivity contribution in [3.05, 3.63) is 0 Å². The molecule has 1 aliphatic heterocycles. The average molecular weight is 248 g/mol. The standard InChI is InChI=1S/C11H20O4S/c1-2-16(13,14)7-3-4-11(12)8-10-5-6-15-9-10/h10H,2-9H2,1H3. The molecule has 0 N–H and O–H groups in total. The molecule has 0 saturated carbocycles. The molecule has 1 unspecified atom stereocenters. The van der Waals surface area contributed by atoms with Gasteiger partial charge in [-0.05, 0) is 18.8 Å². The lowest BCUT2D eigenvalue weighted by Crippen LogP contribution is -2.12. The van der Waals surface area contributed by atoms with E-state index in [0.717, 1.165) is 13.0 Å². The monoisotopic (exact) mass is 248 g/mol. The van der Waals surface area contributed by atoms with Crippen LogP contribution in [0.5, 0.6) is 0 Å². The van der Waals surface area contributed by atoms with E-state index in [-0.39, 0.29) is 17.3 Å². The molecule has 0 aromatic heterocycles. The third-order valence-electron chi connectivity index (χ3n) is 2.89. The van der Waals surface area contributed by atoms with Gasteiger partial charge in [0.15, 0.2) is 0 Å². The molecule has 1 saturated heterocycles. The first-order chi connectivity index (χ1) is 7.53. The highest BCUT2D eigenvalue weighted by atomic mass is 32.2. The van der Waals surface area contributed by atoms with Crippen molar-refractivity contribution in [1.82, 2.24) is 0 Å². The van der Waals surface area contributed by atoms with Crippen LogP contribution in [-0.4, -0.2) is 38.9 Å². The van der Waals surface area contributed by atoms with E-state index in [1.807, 2.05) is 0 Å². The second-order valence-electron chi connectivity index (χ2n) is 4.31. The van der Waals surface area contributed by atoms with Crippen molar-refractivity contribution in [2.75, 3.05) is 24.7 Å². The molecular formula is C11H20O4S. The molecule has 4 nitrogen and oxygen atoms in total. The number of ether oxygens (including phenoxy) is 1. The van der Waals surface area contributed by atoms with Gasteiger partial charge in [-0.3, -0.25) is 4.79 Å². The van der Waals surface area contributed by atoms with Crippen molar-refractivity contribution in [1.29, 1.82) is 0 Å². The minimum Gasteiger partial charge on any atom is -0.381 e. The van der Waals surface area contributed by atoms with Crippen LogP contribution in [0.3, 0.4) is 0 Å². The molecule has 0 aliphatic carbocycles. The lowest BCUT2D eigenvalue weighted by atomic mass is 10.00. The largest absolute Gasteiger partial charge is 0.381 e. The van der Waals surface area contributed by atoms with Crippen molar-refractivity contribution in [3.63, 3.8) is 0 Å². The Morgan fingerprint density at radius 1 is 1.44 bits per heavy atom. The quantitative estimate of drug-likeness (QED) is 0.679. The highest BCUT2D eigenvalue weighted by Crippen LogP contribution is 2.17. The van der Waals surface area contributed by atoms with E-state index in [1.54, 1.807) is 6.92 Å². The Bertz CT molecular complexity index is 315. The van der Waals surface area contributed by atoms with Gasteiger partial charge in [0.05, 0.1) is 5.75 Å². The van der Waals surface area contributed by atoms with Crippen molar-refractivity contribution >= 4 is 15.6 Å². The van der Waals surface area contributed by atoms with E-state index in [1.165, 1.54) is 0 Å². The number of carbonyl (C=O) groups is 1. The normalized spacial score (nSPS) is 21.2. The summed E-state index contributed by atoms with van der Waals surface area (Å²) in [7, 11) is -2.92. The molecule has 16 heavy (non-hydrogen) atoms. The fourth-order valence-corrected chi connectivity index (χ4v) is 2.67. The van der Waals surface area contributed by atoms with Crippen LogP contribution in [0.15, 0.2) is 0 Å². The predicted molar refractivity (Wildman–Crippen MR) is 62.1 cm³/mol. The van der Waals surface area contributed by atoms with Crippen molar-refractivity contribution in [2.24, 2.45) is 5.92 Å². The van der Waals surface area contributed by atoms with E-state index in [4.69, 9.17) is 4.74 Å². The van der Waals surface area contributed by atoms with Gasteiger partial charge >= 0.3 is 0 Å². The molecular weight excluding hydrogens is 228 g/mol. The van der Waals surface area contributed by atoms with Gasteiger partial charge in [0, 0.05) is 31.8 Å². The first-order valence-electron chi connectivity index (χ1n) is 5.83. The summed E-state index contributed by atoms with van der Waals surface area (Å²) in [6.45, 7) is 3.06. The summed E-state index contributed by atoms with van der Waals surface area (Å²) in [5.74, 6) is 0.825. The maximum atomic E-state index is 11.5. The molecule has 1 rings (SSSR count). The Hall–Kier alpha value is -0.420. The summed E-state index contributed by atoms with van der Waals surface area (Å²) in [6.07, 6.45) is 2.35. The molecule has 0 aromatic carbocycles. The topological polar surface area (TPSA) is 60.4 Å². The second kappa shape index (κ2) is 6.35. The van der Waals surface area contributed by atoms with Crippen LogP contribution in [0, 0.1) is 5.92 Å². The number of ketones is 1. The molecule has 0 bridgehead atoms. The van der Waals surface area contributed by atoms with Crippen molar-refractivity contribution in [2.45, 2.75) is 32.6 Å². The highest BCUT2D eigenvalue weighted by molar-refractivity contribution is 7.91. The van der Waals surface area contributed by atoms with Crippen LogP contribution in [-0.2, 0) is 19.4 Å². The van der Waals surface area contributed by atoms with Crippen LogP contribution < -0.4 is 0 Å². The summed E-state index contributed by atoms with van der Waals surface area (Å²) in [5.41, 5.74) is 0. The molecule has 1 fully saturated rings. The zero-order valence-corrected chi connectivity index (χ0v) is 10.6. The van der Waals surface area contributed by atoms with Gasteiger partial charge in [0.1, 0.15) is 15.6 Å². The van der Waals surface area contributed by atoms with Gasteiger partial charge in [0.25, 0.3) is 0 Å². The number of hydrogen-bond donors (Lipinski definition) is 0. The summed E-state index contributed by atoms with van der Waals surface area (Å²) in [6, 6.07) is 0. The van der Waals surface area contributed by atoms with E-state index in [2.05, 4.69) is 0 Å². The fourth-order valence-electron chi connectivity index (χ4n) is 1.80. The van der Waals surface area contributed by atoms with E-state index >= 15 is 0 Å². The zero-order chi connectivity index (χ0) is 12.0. The van der Waals surface area contributed by atoms with Gasteiger partial charge in [-0.25, -0.2) is 8.42 Å². The van der Waals surface area contributed by atoms with Crippen LogP contribution in [0.2, 0.25) is 0 Å². The zero-order valence-electron chi connectivity index (χ0n) is 9.78. The highest BCUT2D eigenvalue weighted by Gasteiger charge is 2.19. The minimum atomic E-state index is -2.92. The molecule has 0 aromatic rings. The molecule has 5 heteroatoms. The number of sulfone groups is 1. The maximum absolute atomic E-state index is 11.5. The SMILES string of the molecule is CCS(=O)(=O)CCCC(=O)CC1CCOC1. The molecule has 94 valence electrons. The summed E-state index contributed by atoms with van der Waals surface area (Å²) < 4.78 is 27.6. The molecule has 0 spiro atoms. The summed E-state index contributed by atoms with van der Waals surface area (Å²) in [5, 5.41) is 0. The smallest absolute Gasteiger partial charge is 0.150 e. The third kappa shape index (κ3) is 5.07. The van der Waals surface area contributed by atoms with Crippen molar-refractivity contribution < 1.29 is 17.9 Å². The van der Waals surface area contributed by atoms with Crippen molar-refractivity contribution in [3.8, 4) is 0 Å². The Morgan fingerprint density at radius 3 is 2.75 bits per heavy atom. The van der Waals surface area contributed by atoms with Crippen LogP contribution in [0.1, 0.15) is 32.6 Å². The molecule has 0 amide bonds. The molecule has 1 aliphatic rings. The fraction of sp³-hybridized carbons (Fsp3) is 0.909. The minimum absolute atomic E-state index is 0.135. The Morgan fingerprint density at radius 2 is 2.19 bits per heavy atom. The number of carbonyl (C=O) groups excluding carboxylic acids is 1. The van der Waals surface area contributed by atoms with Gasteiger partial charge in [-0.1, -0.05) is 6.92 Å². The molecule has 0 radical (unpaired) electrons.